The van der Waals surface area contributed by atoms with Gasteiger partial charge in [0.15, 0.2) is 37.0 Å². The van der Waals surface area contributed by atoms with Crippen molar-refractivity contribution in [2.75, 3.05) is 13.2 Å². The summed E-state index contributed by atoms with van der Waals surface area (Å²) in [6.07, 6.45) is -11.7. The van der Waals surface area contributed by atoms with Gasteiger partial charge in [0.1, 0.15) is 18.3 Å². The van der Waals surface area contributed by atoms with Crippen LogP contribution in [0.4, 0.5) is 0 Å². The number of carbonyl (C=O) groups is 5. The van der Waals surface area contributed by atoms with E-state index in [4.69, 9.17) is 42.6 Å². The fraction of sp³-hybridized carbons (Fsp3) is 0.230. The minimum Gasteiger partial charge on any atom is -0.462 e. The highest BCUT2D eigenvalue weighted by Gasteiger charge is 2.58. The maximum atomic E-state index is 14.6. The van der Waals surface area contributed by atoms with E-state index in [2.05, 4.69) is 0 Å². The number of hydrogen-bond donors (Lipinski definition) is 0. The standard InChI is InChI=1S/C61H52O14S/c62-55(39-22-8-1-9-23-39)67-37-45-36-48(76-46-34-20-7-21-35-46)51(70-56(63)40-24-10-2-11-25-40)52(71-57(64)41-26-12-3-13-27-41)49(45)74-61-54(73-59(66)43-30-16-5-17-31-43)53(72-58(65)42-28-14-4-15-29-42)50-47(69-61)38-68-60(75-50)44-32-18-6-19-33-44/h1-35,45,47-54,60-61H,36-38H2/t45?,47?,48-,49-,50+,51?,52?,53?,54?,60?,61+/m1/s1. The first-order valence-electron chi connectivity index (χ1n) is 24.9. The number of hydrogen-bond acceptors (Lipinski definition) is 15. The van der Waals surface area contributed by atoms with Gasteiger partial charge < -0.3 is 42.6 Å². The number of rotatable bonds is 16. The Morgan fingerprint density at radius 2 is 0.842 bits per heavy atom. The highest BCUT2D eigenvalue weighted by molar-refractivity contribution is 8.00. The highest BCUT2D eigenvalue weighted by Crippen LogP contribution is 2.44. The van der Waals surface area contributed by atoms with Crippen molar-refractivity contribution in [3.8, 4) is 0 Å². The van der Waals surface area contributed by atoms with Crippen LogP contribution >= 0.6 is 11.8 Å². The molecule has 1 saturated carbocycles. The van der Waals surface area contributed by atoms with Gasteiger partial charge in [-0.15, -0.1) is 11.8 Å². The van der Waals surface area contributed by atoms with Crippen LogP contribution in [0.5, 0.6) is 0 Å². The van der Waals surface area contributed by atoms with Crippen molar-refractivity contribution in [1.82, 2.24) is 0 Å². The van der Waals surface area contributed by atoms with E-state index in [0.717, 1.165) is 4.90 Å². The molecule has 0 bridgehead atoms. The molecule has 0 aromatic heterocycles. The normalized spacial score (nSPS) is 24.9. The zero-order valence-electron chi connectivity index (χ0n) is 40.8. The summed E-state index contributed by atoms with van der Waals surface area (Å²) in [5.74, 6) is -4.55. The van der Waals surface area contributed by atoms with E-state index in [1.165, 1.54) is 11.8 Å². The minimum absolute atomic E-state index is 0.106. The molecule has 0 spiro atoms. The van der Waals surface area contributed by atoms with E-state index < -0.39 is 96.3 Å². The Morgan fingerprint density at radius 1 is 0.434 bits per heavy atom. The molecule has 15 heteroatoms. The van der Waals surface area contributed by atoms with Crippen LogP contribution in [0.25, 0.3) is 0 Å². The van der Waals surface area contributed by atoms with Crippen molar-refractivity contribution < 1.29 is 66.6 Å². The van der Waals surface area contributed by atoms with Gasteiger partial charge in [-0.05, 0) is 79.2 Å². The van der Waals surface area contributed by atoms with Crippen LogP contribution in [0.1, 0.15) is 70.1 Å². The molecule has 7 aromatic carbocycles. The first-order valence-corrected chi connectivity index (χ1v) is 25.7. The number of fused-ring (bicyclic) bond motifs is 1. The molecule has 76 heavy (non-hydrogen) atoms. The second-order valence-corrected chi connectivity index (χ2v) is 19.5. The van der Waals surface area contributed by atoms with Crippen LogP contribution in [0.15, 0.2) is 217 Å². The van der Waals surface area contributed by atoms with Crippen LogP contribution < -0.4 is 0 Å². The lowest BCUT2D eigenvalue weighted by Gasteiger charge is -2.50. The fourth-order valence-electron chi connectivity index (χ4n) is 9.40. The molecule has 0 N–H and O–H groups in total. The average Bonchev–Trinajstić information content (AvgIpc) is 3.52. The molecule has 7 aromatic rings. The summed E-state index contributed by atoms with van der Waals surface area (Å²) < 4.78 is 59.0. The quantitative estimate of drug-likeness (QED) is 0.0662. The smallest absolute Gasteiger partial charge is 0.338 e. The third-order valence-electron chi connectivity index (χ3n) is 13.1. The van der Waals surface area contributed by atoms with Crippen molar-refractivity contribution >= 4 is 41.6 Å². The van der Waals surface area contributed by atoms with E-state index in [1.54, 1.807) is 152 Å². The predicted octanol–water partition coefficient (Wildman–Crippen LogP) is 10.2. The Balaban J connectivity index is 1.09. The van der Waals surface area contributed by atoms with E-state index in [1.807, 2.05) is 60.7 Å². The summed E-state index contributed by atoms with van der Waals surface area (Å²) in [6, 6.07) is 60.3. The van der Waals surface area contributed by atoms with Crippen molar-refractivity contribution in [2.24, 2.45) is 5.92 Å². The Hall–Kier alpha value is -7.92. The summed E-state index contributed by atoms with van der Waals surface area (Å²) in [4.78, 5) is 72.4. The first-order chi connectivity index (χ1) is 37.3. The molecular formula is C61H52O14S. The first kappa shape index (κ1) is 51.6. The molecule has 2 heterocycles. The summed E-state index contributed by atoms with van der Waals surface area (Å²) >= 11 is 1.39. The molecule has 0 amide bonds. The molecule has 11 atom stereocenters. The van der Waals surface area contributed by atoms with Gasteiger partial charge in [0.25, 0.3) is 0 Å². The molecule has 386 valence electrons. The Kier molecular flexibility index (Phi) is 16.7. The van der Waals surface area contributed by atoms with Gasteiger partial charge in [-0.3, -0.25) is 0 Å². The summed E-state index contributed by atoms with van der Waals surface area (Å²) in [7, 11) is 0. The zero-order valence-corrected chi connectivity index (χ0v) is 41.6. The third-order valence-corrected chi connectivity index (χ3v) is 14.4. The third kappa shape index (κ3) is 12.4. The van der Waals surface area contributed by atoms with Gasteiger partial charge in [0.2, 0.25) is 0 Å². The number of carbonyl (C=O) groups excluding carboxylic acids is 5. The van der Waals surface area contributed by atoms with Gasteiger partial charge in [0.05, 0.1) is 46.3 Å². The second kappa shape index (κ2) is 24.6. The topological polar surface area (TPSA) is 168 Å². The summed E-state index contributed by atoms with van der Waals surface area (Å²) in [6.45, 7) is -0.404. The van der Waals surface area contributed by atoms with Gasteiger partial charge in [-0.2, -0.15) is 0 Å². The molecule has 2 aliphatic heterocycles. The second-order valence-electron chi connectivity index (χ2n) is 18.2. The lowest BCUT2D eigenvalue weighted by Crippen LogP contribution is -2.66. The average molecular weight is 1040 g/mol. The van der Waals surface area contributed by atoms with Crippen LogP contribution in [-0.4, -0.2) is 97.3 Å². The van der Waals surface area contributed by atoms with Gasteiger partial charge in [-0.1, -0.05) is 140 Å². The SMILES string of the molecule is O=C(OCC1C[C@@H](Sc2ccccc2)C(OC(=O)c2ccccc2)C(OC(=O)c2ccccc2)[C@@H]1O[C@@H]1OC2COC(c3ccccc3)O[C@@H]2C(OC(=O)c2ccccc2)C1OC(=O)c1ccccc1)c1ccccc1. The van der Waals surface area contributed by atoms with E-state index in [9.17, 15) is 24.0 Å². The number of thioether (sulfide) groups is 1. The van der Waals surface area contributed by atoms with Crippen molar-refractivity contribution in [3.05, 3.63) is 246 Å². The molecule has 3 fully saturated rings. The predicted molar refractivity (Wildman–Crippen MR) is 277 cm³/mol. The van der Waals surface area contributed by atoms with Crippen molar-refractivity contribution in [3.63, 3.8) is 0 Å². The fourth-order valence-corrected chi connectivity index (χ4v) is 10.8. The van der Waals surface area contributed by atoms with Crippen LogP contribution in [0.2, 0.25) is 0 Å². The lowest BCUT2D eigenvalue weighted by molar-refractivity contribution is -0.371. The molecular weight excluding hydrogens is 989 g/mol. The van der Waals surface area contributed by atoms with E-state index >= 15 is 0 Å². The summed E-state index contributed by atoms with van der Waals surface area (Å²) in [5, 5.41) is -0.665. The van der Waals surface area contributed by atoms with E-state index in [0.29, 0.717) is 5.56 Å². The molecule has 3 aliphatic rings. The Bertz CT molecular complexity index is 3030. The van der Waals surface area contributed by atoms with Crippen molar-refractivity contribution in [1.29, 1.82) is 0 Å². The minimum atomic E-state index is -1.65. The molecule has 7 unspecified atom stereocenters. The van der Waals surface area contributed by atoms with Gasteiger partial charge in [0, 0.05) is 16.4 Å². The van der Waals surface area contributed by atoms with Gasteiger partial charge in [-0.25, -0.2) is 24.0 Å². The monoisotopic (exact) mass is 1040 g/mol. The highest BCUT2D eigenvalue weighted by atomic mass is 32.2. The van der Waals surface area contributed by atoms with Gasteiger partial charge >= 0.3 is 29.8 Å². The Morgan fingerprint density at radius 3 is 1.33 bits per heavy atom. The maximum absolute atomic E-state index is 14.6. The number of esters is 5. The molecule has 2 saturated heterocycles. The lowest BCUT2D eigenvalue weighted by atomic mass is 9.81. The van der Waals surface area contributed by atoms with E-state index in [-0.39, 0.29) is 47.5 Å². The zero-order chi connectivity index (χ0) is 52.2. The van der Waals surface area contributed by atoms with Crippen LogP contribution in [0, 0.1) is 5.92 Å². The van der Waals surface area contributed by atoms with Crippen LogP contribution in [0.3, 0.4) is 0 Å². The van der Waals surface area contributed by atoms with Crippen molar-refractivity contribution in [2.45, 2.75) is 71.9 Å². The largest absolute Gasteiger partial charge is 0.462 e. The van der Waals surface area contributed by atoms with Crippen LogP contribution in [-0.2, 0) is 42.6 Å². The number of ether oxygens (including phenoxy) is 9. The molecule has 14 nitrogen and oxygen atoms in total. The Labute approximate surface area is 443 Å². The molecule has 10 rings (SSSR count). The number of benzene rings is 7. The molecule has 0 radical (unpaired) electrons. The molecule has 1 aliphatic carbocycles. The summed E-state index contributed by atoms with van der Waals surface area (Å²) in [5.41, 5.74) is 1.74. The maximum Gasteiger partial charge on any atom is 0.338 e.